The first kappa shape index (κ1) is 26.8. The van der Waals surface area contributed by atoms with Gasteiger partial charge in [0.05, 0.1) is 12.7 Å². The molecule has 34 heavy (non-hydrogen) atoms. The Balaban J connectivity index is 2.55. The van der Waals surface area contributed by atoms with Crippen LogP contribution in [0.3, 0.4) is 0 Å². The number of hydrogen-bond acceptors (Lipinski definition) is 6. The van der Waals surface area contributed by atoms with Crippen LogP contribution in [0.1, 0.15) is 65.5 Å². The molecule has 0 heterocycles. The van der Waals surface area contributed by atoms with Crippen LogP contribution >= 0.6 is 0 Å². The zero-order chi connectivity index (χ0) is 25.8. The Kier molecular flexibility index (Phi) is 8.08. The molecule has 1 aliphatic carbocycles. The highest BCUT2D eigenvalue weighted by Crippen LogP contribution is 2.40. The number of amides is 1. The first-order chi connectivity index (χ1) is 15.7. The van der Waals surface area contributed by atoms with Crippen LogP contribution in [0.4, 0.5) is 14.9 Å². The number of methoxy groups -OCH3 is 1. The van der Waals surface area contributed by atoms with Gasteiger partial charge in [-0.3, -0.25) is 9.59 Å². The van der Waals surface area contributed by atoms with E-state index in [4.69, 9.17) is 10.5 Å². The van der Waals surface area contributed by atoms with Crippen molar-refractivity contribution in [2.45, 2.75) is 65.2 Å². The normalized spacial score (nSPS) is 14.6. The molecule has 0 saturated carbocycles. The number of carbonyl (C=O) groups is 3. The molecule has 0 spiro atoms. The Labute approximate surface area is 199 Å². The number of anilines is 1. The van der Waals surface area contributed by atoms with Crippen LogP contribution in [0, 0.1) is 0 Å². The molecule has 0 radical (unpaired) electrons. The van der Waals surface area contributed by atoms with E-state index in [-0.39, 0.29) is 11.3 Å². The summed E-state index contributed by atoms with van der Waals surface area (Å²) in [6.45, 7) is 11.8. The van der Waals surface area contributed by atoms with Crippen molar-refractivity contribution in [2.24, 2.45) is 5.73 Å². The maximum Gasteiger partial charge on any atom is 0.513 e. The molecule has 3 N–H and O–H groups in total. The third-order valence-corrected chi connectivity index (χ3v) is 5.34. The third-order valence-electron chi connectivity index (χ3n) is 5.34. The van der Waals surface area contributed by atoms with Crippen molar-refractivity contribution in [2.75, 3.05) is 12.4 Å². The van der Waals surface area contributed by atoms with Crippen molar-refractivity contribution in [1.29, 1.82) is 0 Å². The number of ketones is 1. The lowest BCUT2D eigenvalue weighted by Crippen LogP contribution is -2.26. The molecule has 0 fully saturated rings. The lowest BCUT2D eigenvalue weighted by Gasteiger charge is -2.29. The fourth-order valence-corrected chi connectivity index (χ4v) is 3.54. The number of benzene rings is 1. The Morgan fingerprint density at radius 1 is 1.00 bits per heavy atom. The van der Waals surface area contributed by atoms with Crippen molar-refractivity contribution < 1.29 is 28.2 Å². The molecule has 0 saturated heterocycles. The van der Waals surface area contributed by atoms with E-state index in [1.807, 2.05) is 47.6 Å². The number of halogens is 1. The second-order valence-electron chi connectivity index (χ2n) is 10.1. The molecular formula is C26H33FN2O5. The van der Waals surface area contributed by atoms with Crippen molar-refractivity contribution in [3.05, 3.63) is 58.6 Å². The van der Waals surface area contributed by atoms with Gasteiger partial charge < -0.3 is 20.5 Å². The topological polar surface area (TPSA) is 108 Å². The molecule has 0 atom stereocenters. The highest BCUT2D eigenvalue weighted by molar-refractivity contribution is 6.29. The van der Waals surface area contributed by atoms with E-state index in [0.717, 1.165) is 17.3 Å². The lowest BCUT2D eigenvalue weighted by atomic mass is 9.79. The van der Waals surface area contributed by atoms with Crippen molar-refractivity contribution in [3.63, 3.8) is 0 Å². The first-order valence-electron chi connectivity index (χ1n) is 11.0. The van der Waals surface area contributed by atoms with Gasteiger partial charge in [-0.15, -0.1) is 0 Å². The van der Waals surface area contributed by atoms with E-state index >= 15 is 0 Å². The van der Waals surface area contributed by atoms with Crippen molar-refractivity contribution >= 4 is 23.5 Å². The van der Waals surface area contributed by atoms with E-state index in [1.165, 1.54) is 25.3 Å². The Morgan fingerprint density at radius 2 is 1.59 bits per heavy atom. The minimum atomic E-state index is -0.907. The predicted octanol–water partition coefficient (Wildman–Crippen LogP) is 5.35. The first-order valence-corrected chi connectivity index (χ1v) is 11.0. The van der Waals surface area contributed by atoms with Gasteiger partial charge in [0.25, 0.3) is 5.91 Å². The Morgan fingerprint density at radius 3 is 2.09 bits per heavy atom. The smallest absolute Gasteiger partial charge is 0.437 e. The number of ether oxygens (including phenoxy) is 2. The van der Waals surface area contributed by atoms with Gasteiger partial charge in [0, 0.05) is 23.5 Å². The maximum absolute atomic E-state index is 14.2. The summed E-state index contributed by atoms with van der Waals surface area (Å²) in [6, 6.07) is 3.38. The summed E-state index contributed by atoms with van der Waals surface area (Å²) in [6.07, 6.45) is 3.69. The number of rotatable bonds is 5. The molecule has 0 bridgehead atoms. The fraction of sp³-hybridized carbons (Fsp3) is 0.423. The number of hydrogen-bond donors (Lipinski definition) is 2. The van der Waals surface area contributed by atoms with E-state index in [9.17, 15) is 18.8 Å². The summed E-state index contributed by atoms with van der Waals surface area (Å²) >= 11 is 0. The Bertz CT molecular complexity index is 1090. The molecule has 1 aliphatic rings. The van der Waals surface area contributed by atoms with Crippen LogP contribution in [-0.4, -0.2) is 25.0 Å². The van der Waals surface area contributed by atoms with Gasteiger partial charge in [0.2, 0.25) is 5.78 Å². The SMILES string of the molecule is COC(=O)Oc1cc(NC(=O)/C(=C\N)C(=O)C2=CCCC=C2F)c(C(C)(C)C)cc1C(C)(C)C. The summed E-state index contributed by atoms with van der Waals surface area (Å²) in [5.41, 5.74) is 5.99. The quantitative estimate of drug-likeness (QED) is 0.197. The summed E-state index contributed by atoms with van der Waals surface area (Å²) < 4.78 is 24.2. The average Bonchev–Trinajstić information content (AvgIpc) is 2.72. The van der Waals surface area contributed by atoms with E-state index < -0.39 is 40.1 Å². The molecule has 0 aliphatic heterocycles. The van der Waals surface area contributed by atoms with Gasteiger partial charge in [0.15, 0.2) is 0 Å². The second-order valence-corrected chi connectivity index (χ2v) is 10.1. The zero-order valence-electron chi connectivity index (χ0n) is 20.8. The van der Waals surface area contributed by atoms with Crippen LogP contribution in [0.5, 0.6) is 5.75 Å². The summed E-state index contributed by atoms with van der Waals surface area (Å²) in [4.78, 5) is 37.8. The molecule has 1 aromatic carbocycles. The highest BCUT2D eigenvalue weighted by Gasteiger charge is 2.30. The van der Waals surface area contributed by atoms with Crippen LogP contribution in [0.25, 0.3) is 0 Å². The minimum Gasteiger partial charge on any atom is -0.437 e. The van der Waals surface area contributed by atoms with Crippen LogP contribution in [0.15, 0.2) is 47.5 Å². The number of nitrogens with one attached hydrogen (secondary N) is 1. The number of Topliss-reactive ketones (excluding diaryl/α,β-unsaturated/α-hetero) is 1. The van der Waals surface area contributed by atoms with Gasteiger partial charge in [-0.25, -0.2) is 9.18 Å². The molecule has 1 aromatic rings. The number of allylic oxidation sites excluding steroid dienone is 4. The van der Waals surface area contributed by atoms with Gasteiger partial charge >= 0.3 is 6.16 Å². The molecule has 8 heteroatoms. The van der Waals surface area contributed by atoms with Gasteiger partial charge in [-0.05, 0) is 41.4 Å². The van der Waals surface area contributed by atoms with Gasteiger partial charge in [-0.2, -0.15) is 0 Å². The number of carbonyl (C=O) groups excluding carboxylic acids is 3. The van der Waals surface area contributed by atoms with E-state index in [2.05, 4.69) is 10.1 Å². The summed E-state index contributed by atoms with van der Waals surface area (Å²) in [5, 5.41) is 2.70. The van der Waals surface area contributed by atoms with Gasteiger partial charge in [0.1, 0.15) is 17.1 Å². The lowest BCUT2D eigenvalue weighted by molar-refractivity contribution is -0.118. The average molecular weight is 473 g/mol. The highest BCUT2D eigenvalue weighted by atomic mass is 19.1. The molecule has 184 valence electrons. The van der Waals surface area contributed by atoms with E-state index in [1.54, 1.807) is 0 Å². The molecule has 7 nitrogen and oxygen atoms in total. The van der Waals surface area contributed by atoms with Crippen molar-refractivity contribution in [1.82, 2.24) is 0 Å². The molecule has 1 amide bonds. The fourth-order valence-electron chi connectivity index (χ4n) is 3.54. The van der Waals surface area contributed by atoms with Crippen LogP contribution in [0.2, 0.25) is 0 Å². The molecular weight excluding hydrogens is 439 g/mol. The van der Waals surface area contributed by atoms with Crippen LogP contribution in [-0.2, 0) is 25.2 Å². The zero-order valence-corrected chi connectivity index (χ0v) is 20.8. The molecule has 0 unspecified atom stereocenters. The van der Waals surface area contributed by atoms with Crippen molar-refractivity contribution in [3.8, 4) is 5.75 Å². The predicted molar refractivity (Wildman–Crippen MR) is 129 cm³/mol. The second kappa shape index (κ2) is 10.2. The van der Waals surface area contributed by atoms with Gasteiger partial charge in [-0.1, -0.05) is 47.6 Å². The summed E-state index contributed by atoms with van der Waals surface area (Å²) in [7, 11) is 1.20. The molecule has 2 rings (SSSR count). The monoisotopic (exact) mass is 472 g/mol. The summed E-state index contributed by atoms with van der Waals surface area (Å²) in [5.74, 6) is -2.08. The third kappa shape index (κ3) is 6.12. The standard InChI is InChI=1S/C26H33FN2O5/c1-25(2,3)17-12-18(26(4,5)6)21(34-24(32)33-7)13-20(17)29-23(31)16(14-28)22(30)15-10-8-9-11-19(15)27/h10-14H,8-9,28H2,1-7H3,(H,29,31)/b16-14-. The van der Waals surface area contributed by atoms with E-state index in [0.29, 0.717) is 18.5 Å². The maximum atomic E-state index is 14.2. The minimum absolute atomic E-state index is 0.188. The van der Waals surface area contributed by atoms with Crippen LogP contribution < -0.4 is 15.8 Å². The Hall–Kier alpha value is -3.42. The molecule has 0 aromatic heterocycles. The number of nitrogens with two attached hydrogens (primary N) is 1. The largest absolute Gasteiger partial charge is 0.513 e.